The molecule has 4 rings (SSSR count). The average Bonchev–Trinajstić information content (AvgIpc) is 3.28. The fourth-order valence-electron chi connectivity index (χ4n) is 2.93. The van der Waals surface area contributed by atoms with E-state index in [2.05, 4.69) is 15.6 Å². The molecule has 0 fully saturated rings. The van der Waals surface area contributed by atoms with Gasteiger partial charge in [0.25, 0.3) is 5.91 Å². The van der Waals surface area contributed by atoms with Gasteiger partial charge in [0.15, 0.2) is 5.13 Å². The van der Waals surface area contributed by atoms with E-state index < -0.39 is 0 Å². The molecular formula is C25H20FN3O2S2. The largest absolute Gasteiger partial charge is 0.322 e. The fourth-order valence-corrected chi connectivity index (χ4v) is 4.37. The van der Waals surface area contributed by atoms with Crippen molar-refractivity contribution >= 4 is 45.7 Å². The van der Waals surface area contributed by atoms with Crippen molar-refractivity contribution in [2.75, 3.05) is 16.4 Å². The highest BCUT2D eigenvalue weighted by Gasteiger charge is 2.10. The quantitative estimate of drug-likeness (QED) is 0.309. The second kappa shape index (κ2) is 10.4. The summed E-state index contributed by atoms with van der Waals surface area (Å²) < 4.78 is 13.1. The standard InChI is InChI=1S/C25H20FN3O2S2/c1-16-2-4-18(5-3-16)24(31)27-20-10-12-21(13-11-20)32-15-23(30)29-25-28-22(14-33-25)17-6-8-19(26)9-7-17/h2-14H,15H2,1H3,(H,27,31)(H,28,29,30). The summed E-state index contributed by atoms with van der Waals surface area (Å²) in [4.78, 5) is 29.9. The smallest absolute Gasteiger partial charge is 0.255 e. The van der Waals surface area contributed by atoms with Gasteiger partial charge in [-0.3, -0.25) is 9.59 Å². The highest BCUT2D eigenvalue weighted by atomic mass is 32.2. The molecule has 0 atom stereocenters. The molecule has 1 aromatic heterocycles. The Morgan fingerprint density at radius 2 is 1.64 bits per heavy atom. The molecule has 5 nitrogen and oxygen atoms in total. The molecule has 0 aliphatic heterocycles. The molecule has 0 spiro atoms. The van der Waals surface area contributed by atoms with Crippen molar-refractivity contribution in [3.05, 3.63) is 95.1 Å². The third-order valence-electron chi connectivity index (χ3n) is 4.69. The third kappa shape index (κ3) is 6.27. The number of hydrogen-bond donors (Lipinski definition) is 2. The summed E-state index contributed by atoms with van der Waals surface area (Å²) in [6, 6.07) is 20.8. The minimum absolute atomic E-state index is 0.168. The van der Waals surface area contributed by atoms with Crippen LogP contribution in [0.25, 0.3) is 11.3 Å². The van der Waals surface area contributed by atoms with Crippen molar-refractivity contribution in [3.8, 4) is 11.3 Å². The van der Waals surface area contributed by atoms with E-state index in [4.69, 9.17) is 0 Å². The van der Waals surface area contributed by atoms with Gasteiger partial charge in [0.2, 0.25) is 5.91 Å². The van der Waals surface area contributed by atoms with Crippen LogP contribution in [-0.2, 0) is 4.79 Å². The van der Waals surface area contributed by atoms with Gasteiger partial charge in [-0.15, -0.1) is 23.1 Å². The number of carbonyl (C=O) groups excluding carboxylic acids is 2. The van der Waals surface area contributed by atoms with E-state index in [1.807, 2.05) is 48.7 Å². The number of amides is 2. The maximum Gasteiger partial charge on any atom is 0.255 e. The van der Waals surface area contributed by atoms with Crippen molar-refractivity contribution in [3.63, 3.8) is 0 Å². The van der Waals surface area contributed by atoms with Crippen molar-refractivity contribution in [1.29, 1.82) is 0 Å². The number of nitrogens with zero attached hydrogens (tertiary/aromatic N) is 1. The van der Waals surface area contributed by atoms with Gasteiger partial charge in [0.1, 0.15) is 5.82 Å². The number of benzene rings is 3. The van der Waals surface area contributed by atoms with Gasteiger partial charge in [0.05, 0.1) is 11.4 Å². The minimum atomic E-state index is -0.304. The molecule has 8 heteroatoms. The van der Waals surface area contributed by atoms with Crippen LogP contribution in [0.3, 0.4) is 0 Å². The number of carbonyl (C=O) groups is 2. The van der Waals surface area contributed by atoms with Gasteiger partial charge in [-0.2, -0.15) is 0 Å². The lowest BCUT2D eigenvalue weighted by atomic mass is 10.1. The second-order valence-electron chi connectivity index (χ2n) is 7.23. The Bertz CT molecular complexity index is 1250. The molecule has 0 radical (unpaired) electrons. The lowest BCUT2D eigenvalue weighted by molar-refractivity contribution is -0.113. The molecule has 3 aromatic carbocycles. The molecule has 0 bridgehead atoms. The summed E-state index contributed by atoms with van der Waals surface area (Å²) in [7, 11) is 0. The first-order valence-corrected chi connectivity index (χ1v) is 11.9. The molecule has 33 heavy (non-hydrogen) atoms. The summed E-state index contributed by atoms with van der Waals surface area (Å²) in [6.45, 7) is 1.97. The molecular weight excluding hydrogens is 457 g/mol. The Balaban J connectivity index is 1.27. The van der Waals surface area contributed by atoms with Crippen LogP contribution in [0.5, 0.6) is 0 Å². The number of rotatable bonds is 7. The zero-order valence-corrected chi connectivity index (χ0v) is 19.3. The van der Waals surface area contributed by atoms with E-state index in [-0.39, 0.29) is 23.4 Å². The maximum absolute atomic E-state index is 13.1. The van der Waals surface area contributed by atoms with Gasteiger partial charge >= 0.3 is 0 Å². The first-order chi connectivity index (χ1) is 16.0. The van der Waals surface area contributed by atoms with Gasteiger partial charge in [-0.25, -0.2) is 9.37 Å². The lowest BCUT2D eigenvalue weighted by Gasteiger charge is -2.07. The Hall–Kier alpha value is -3.49. The zero-order chi connectivity index (χ0) is 23.2. The monoisotopic (exact) mass is 477 g/mol. The summed E-state index contributed by atoms with van der Waals surface area (Å²) in [5.74, 6) is -0.420. The van der Waals surface area contributed by atoms with Crippen LogP contribution < -0.4 is 10.6 Å². The summed E-state index contributed by atoms with van der Waals surface area (Å²) in [6.07, 6.45) is 0. The minimum Gasteiger partial charge on any atom is -0.322 e. The van der Waals surface area contributed by atoms with Crippen molar-refractivity contribution in [1.82, 2.24) is 4.98 Å². The van der Waals surface area contributed by atoms with Crippen LogP contribution in [0.1, 0.15) is 15.9 Å². The highest BCUT2D eigenvalue weighted by Crippen LogP contribution is 2.26. The summed E-state index contributed by atoms with van der Waals surface area (Å²) >= 11 is 2.71. The topological polar surface area (TPSA) is 71.1 Å². The number of aryl methyl sites for hydroxylation is 1. The van der Waals surface area contributed by atoms with Gasteiger partial charge in [-0.05, 0) is 67.6 Å². The van der Waals surface area contributed by atoms with Gasteiger partial charge in [-0.1, -0.05) is 17.7 Å². The van der Waals surface area contributed by atoms with Crippen molar-refractivity contribution in [2.24, 2.45) is 0 Å². The molecule has 0 saturated carbocycles. The van der Waals surface area contributed by atoms with E-state index in [9.17, 15) is 14.0 Å². The van der Waals surface area contributed by atoms with Gasteiger partial charge in [0, 0.05) is 27.1 Å². The predicted molar refractivity (Wildman–Crippen MR) is 132 cm³/mol. The SMILES string of the molecule is Cc1ccc(C(=O)Nc2ccc(SCC(=O)Nc3nc(-c4ccc(F)cc4)cs3)cc2)cc1. The van der Waals surface area contributed by atoms with Crippen LogP contribution in [0.15, 0.2) is 83.1 Å². The van der Waals surface area contributed by atoms with E-state index in [0.29, 0.717) is 22.1 Å². The molecule has 0 aliphatic carbocycles. The normalized spacial score (nSPS) is 10.6. The Labute approximate surface area is 199 Å². The Morgan fingerprint density at radius 1 is 0.939 bits per heavy atom. The first kappa shape index (κ1) is 22.7. The molecule has 0 saturated heterocycles. The maximum atomic E-state index is 13.1. The summed E-state index contributed by atoms with van der Waals surface area (Å²) in [5, 5.41) is 7.97. The summed E-state index contributed by atoms with van der Waals surface area (Å²) in [5.41, 5.74) is 3.86. The Morgan fingerprint density at radius 3 is 2.33 bits per heavy atom. The molecule has 1 heterocycles. The number of thioether (sulfide) groups is 1. The van der Waals surface area contributed by atoms with Crippen molar-refractivity contribution in [2.45, 2.75) is 11.8 Å². The number of aromatic nitrogens is 1. The average molecular weight is 478 g/mol. The molecule has 0 aliphatic rings. The van der Waals surface area contributed by atoms with Crippen LogP contribution in [0.4, 0.5) is 15.2 Å². The number of halogens is 1. The van der Waals surface area contributed by atoms with Crippen LogP contribution >= 0.6 is 23.1 Å². The lowest BCUT2D eigenvalue weighted by Crippen LogP contribution is -2.13. The third-order valence-corrected chi connectivity index (χ3v) is 6.46. The molecule has 4 aromatic rings. The Kier molecular flexibility index (Phi) is 7.16. The van der Waals surface area contributed by atoms with Gasteiger partial charge < -0.3 is 10.6 Å². The number of hydrogen-bond acceptors (Lipinski definition) is 5. The molecule has 2 N–H and O–H groups in total. The molecule has 2 amide bonds. The highest BCUT2D eigenvalue weighted by molar-refractivity contribution is 8.00. The number of nitrogens with one attached hydrogen (secondary N) is 2. The van der Waals surface area contributed by atoms with E-state index >= 15 is 0 Å². The second-order valence-corrected chi connectivity index (χ2v) is 9.13. The van der Waals surface area contributed by atoms with Crippen LogP contribution in [0, 0.1) is 12.7 Å². The number of thiazole rings is 1. The fraction of sp³-hybridized carbons (Fsp3) is 0.0800. The van der Waals surface area contributed by atoms with E-state index in [1.54, 1.807) is 24.3 Å². The van der Waals surface area contributed by atoms with Crippen LogP contribution in [0.2, 0.25) is 0 Å². The zero-order valence-electron chi connectivity index (χ0n) is 17.7. The van der Waals surface area contributed by atoms with E-state index in [1.165, 1.54) is 35.2 Å². The number of anilines is 2. The molecule has 0 unspecified atom stereocenters. The van der Waals surface area contributed by atoms with E-state index in [0.717, 1.165) is 16.0 Å². The molecule has 166 valence electrons. The van der Waals surface area contributed by atoms with Crippen molar-refractivity contribution < 1.29 is 14.0 Å². The van der Waals surface area contributed by atoms with Crippen LogP contribution in [-0.4, -0.2) is 22.6 Å². The predicted octanol–water partition coefficient (Wildman–Crippen LogP) is 6.24. The first-order valence-electron chi connectivity index (χ1n) is 10.1.